The number of carbonyl (C=O) groups excluding carboxylic acids is 6. The SMILES string of the molecule is CC1([C@](C(N)=O)(C(=O)OC(N)=O)N2CCCC2C2CC[C@@H](C3CCCN3[C@@](C(N)=O)(C(=O)OC(N)=O)C3(C)Cc4ccc3cc4)N2c2ccc(Br)cc2)Cc2ccc1cc2. The van der Waals surface area contributed by atoms with Gasteiger partial charge in [-0.25, -0.2) is 19.2 Å². The van der Waals surface area contributed by atoms with E-state index in [1.807, 2.05) is 96.4 Å². The summed E-state index contributed by atoms with van der Waals surface area (Å²) in [5.41, 5.74) is 21.0. The predicted molar refractivity (Wildman–Crippen MR) is 223 cm³/mol. The maximum Gasteiger partial charge on any atom is 0.412 e. The highest BCUT2D eigenvalue weighted by Gasteiger charge is 2.70. The maximum absolute atomic E-state index is 14.6. The molecule has 5 unspecified atom stereocenters. The largest absolute Gasteiger partial charge is 0.412 e. The molecule has 16 heteroatoms. The van der Waals surface area contributed by atoms with Crippen LogP contribution in [-0.2, 0) is 52.3 Å². The molecule has 0 saturated carbocycles. The van der Waals surface area contributed by atoms with E-state index in [9.17, 15) is 28.8 Å². The summed E-state index contributed by atoms with van der Waals surface area (Å²) < 4.78 is 11.2. The molecule has 3 aliphatic heterocycles. The van der Waals surface area contributed by atoms with Gasteiger partial charge >= 0.3 is 24.1 Å². The highest BCUT2D eigenvalue weighted by Crippen LogP contribution is 2.53. The zero-order valence-electron chi connectivity index (χ0n) is 33.6. The Kier molecular flexibility index (Phi) is 10.3. The lowest BCUT2D eigenvalue weighted by Gasteiger charge is -2.55. The molecule has 3 heterocycles. The molecule has 8 N–H and O–H groups in total. The van der Waals surface area contributed by atoms with Crippen LogP contribution in [0.5, 0.6) is 0 Å². The van der Waals surface area contributed by atoms with Gasteiger partial charge in [-0.3, -0.25) is 19.4 Å². The van der Waals surface area contributed by atoms with E-state index < -0.39 is 69.9 Å². The number of hydrogen-bond donors (Lipinski definition) is 4. The Labute approximate surface area is 356 Å². The highest BCUT2D eigenvalue weighted by molar-refractivity contribution is 9.10. The number of nitrogens with two attached hydrogens (primary N) is 4. The number of ether oxygens (including phenoxy) is 2. The van der Waals surface area contributed by atoms with E-state index in [0.717, 1.165) is 21.3 Å². The summed E-state index contributed by atoms with van der Waals surface area (Å²) in [6.07, 6.45) is 1.36. The molecule has 15 nitrogen and oxygen atoms in total. The first kappa shape index (κ1) is 41.4. The lowest BCUT2D eigenvalue weighted by Crippen LogP contribution is -2.76. The van der Waals surface area contributed by atoms with Crippen LogP contribution in [0.4, 0.5) is 15.3 Å². The van der Waals surface area contributed by atoms with E-state index >= 15 is 0 Å². The average molecular weight is 885 g/mol. The summed E-state index contributed by atoms with van der Waals surface area (Å²) in [7, 11) is 0. The normalized spacial score (nSPS) is 29.1. The predicted octanol–water partition coefficient (Wildman–Crippen LogP) is 3.44. The molecule has 4 amide bonds. The van der Waals surface area contributed by atoms with Crippen molar-refractivity contribution in [2.24, 2.45) is 22.9 Å². The molecule has 8 atom stereocenters. The summed E-state index contributed by atoms with van der Waals surface area (Å²) in [6, 6.07) is 21.3. The van der Waals surface area contributed by atoms with Gasteiger partial charge in [0.2, 0.25) is 11.1 Å². The number of anilines is 1. The minimum Gasteiger partial charge on any atom is -0.375 e. The summed E-state index contributed by atoms with van der Waals surface area (Å²) in [5, 5.41) is 0. The number of carbonyl (C=O) groups is 6. The number of fused-ring (bicyclic) bond motifs is 6. The molecule has 3 aromatic rings. The van der Waals surface area contributed by atoms with Crippen LogP contribution >= 0.6 is 15.9 Å². The molecule has 10 rings (SSSR count). The van der Waals surface area contributed by atoms with Crippen molar-refractivity contribution in [3.63, 3.8) is 0 Å². The van der Waals surface area contributed by atoms with Crippen molar-refractivity contribution in [2.75, 3.05) is 18.0 Å². The second kappa shape index (κ2) is 15.0. The molecular weight excluding hydrogens is 834 g/mol. The third kappa shape index (κ3) is 5.96. The number of nitrogens with zero attached hydrogens (tertiary/aromatic N) is 3. The van der Waals surface area contributed by atoms with Crippen molar-refractivity contribution in [2.45, 2.75) is 111 Å². The molecule has 7 aliphatic rings. The number of halogens is 1. The molecule has 4 aliphatic carbocycles. The first-order valence-electron chi connectivity index (χ1n) is 20.4. The summed E-state index contributed by atoms with van der Waals surface area (Å²) in [6.45, 7) is 4.20. The second-order valence-corrected chi connectivity index (χ2v) is 18.3. The Balaban J connectivity index is 1.26. The van der Waals surface area contributed by atoms with Gasteiger partial charge in [-0.1, -0.05) is 78.3 Å². The number of hydrogen-bond acceptors (Lipinski definition) is 11. The third-order valence-corrected chi connectivity index (χ3v) is 15.1. The van der Waals surface area contributed by atoms with E-state index in [1.165, 1.54) is 0 Å². The summed E-state index contributed by atoms with van der Waals surface area (Å²) in [5.74, 6) is -4.16. The molecule has 0 aromatic heterocycles. The fourth-order valence-electron chi connectivity index (χ4n) is 12.2. The number of rotatable bonds is 11. The number of amides is 4. The van der Waals surface area contributed by atoms with Crippen LogP contribution in [0.2, 0.25) is 0 Å². The number of benzene rings is 3. The van der Waals surface area contributed by atoms with Gasteiger partial charge in [0.25, 0.3) is 11.8 Å². The minimum atomic E-state index is -2.15. The van der Waals surface area contributed by atoms with E-state index in [2.05, 4.69) is 20.8 Å². The van der Waals surface area contributed by atoms with Gasteiger partial charge in [-0.05, 0) is 97.9 Å². The van der Waals surface area contributed by atoms with Crippen LogP contribution in [-0.4, -0.2) is 94.1 Å². The molecule has 60 heavy (non-hydrogen) atoms. The second-order valence-electron chi connectivity index (χ2n) is 17.4. The van der Waals surface area contributed by atoms with Gasteiger partial charge < -0.3 is 37.3 Å². The van der Waals surface area contributed by atoms with Gasteiger partial charge in [-0.15, -0.1) is 0 Å². The molecule has 3 aromatic carbocycles. The van der Waals surface area contributed by atoms with Gasteiger partial charge in [0, 0.05) is 58.2 Å². The minimum absolute atomic E-state index is 0.286. The van der Waals surface area contributed by atoms with Gasteiger partial charge in [0.1, 0.15) is 0 Å². The maximum atomic E-state index is 14.6. The van der Waals surface area contributed by atoms with E-state index in [1.54, 1.807) is 0 Å². The van der Waals surface area contributed by atoms with Crippen LogP contribution in [0.3, 0.4) is 0 Å². The van der Waals surface area contributed by atoms with E-state index in [-0.39, 0.29) is 24.9 Å². The smallest absolute Gasteiger partial charge is 0.375 e. The van der Waals surface area contributed by atoms with Crippen molar-refractivity contribution >= 4 is 57.6 Å². The van der Waals surface area contributed by atoms with Crippen LogP contribution in [0.15, 0.2) is 77.3 Å². The van der Waals surface area contributed by atoms with Crippen LogP contribution in [0.25, 0.3) is 0 Å². The van der Waals surface area contributed by atoms with Gasteiger partial charge in [-0.2, -0.15) is 0 Å². The Morgan fingerprint density at radius 3 is 1.28 bits per heavy atom. The van der Waals surface area contributed by atoms with E-state index in [4.69, 9.17) is 32.4 Å². The van der Waals surface area contributed by atoms with Crippen molar-refractivity contribution in [3.8, 4) is 0 Å². The molecule has 0 radical (unpaired) electrons. The van der Waals surface area contributed by atoms with Crippen molar-refractivity contribution in [1.29, 1.82) is 0 Å². The number of esters is 2. The monoisotopic (exact) mass is 883 g/mol. The molecule has 0 spiro atoms. The fraction of sp³-hybridized carbons (Fsp3) is 0.455. The molecule has 3 saturated heterocycles. The molecule has 3 fully saturated rings. The van der Waals surface area contributed by atoms with Crippen molar-refractivity contribution < 1.29 is 38.2 Å². The first-order chi connectivity index (χ1) is 28.5. The topological polar surface area (TPSA) is 235 Å². The zero-order valence-corrected chi connectivity index (χ0v) is 35.2. The molecule has 4 bridgehead atoms. The Morgan fingerprint density at radius 2 is 0.967 bits per heavy atom. The van der Waals surface area contributed by atoms with Crippen molar-refractivity contribution in [3.05, 3.63) is 99.5 Å². The Hall–Kier alpha value is -5.32. The van der Waals surface area contributed by atoms with Crippen LogP contribution in [0, 0.1) is 0 Å². The zero-order chi connectivity index (χ0) is 42.9. The Bertz CT molecular complexity index is 2120. The standard InChI is InChI=1S/C44H50BrN7O8/c1-41(23-25-7-11-27(41)12-8-25)43(35(46)53,37(55)59-39(48)57)50-21-3-5-31(50)33-19-20-34(52(33)30-17-15-29(45)16-18-30)32-6-4-22-51(32)44(36(47)54,38(56)60-40(49)58)42(2)24-26-9-13-28(42)14-10-26/h7-18,31-34H,3-6,19-24H2,1-2H3,(H2,46,53)(H2,47,54)(H2,48,57)(H2,49,58)/t31?,32?,33-,34?,41?,42?,43-,44-/m0/s1. The number of likely N-dealkylation sites (tertiary alicyclic amines) is 2. The van der Waals surface area contributed by atoms with Crippen LogP contribution in [0.1, 0.15) is 74.6 Å². The summed E-state index contributed by atoms with van der Waals surface area (Å²) >= 11 is 3.58. The van der Waals surface area contributed by atoms with E-state index in [0.29, 0.717) is 62.7 Å². The average Bonchev–Trinajstić information content (AvgIpc) is 3.96. The van der Waals surface area contributed by atoms with Crippen molar-refractivity contribution in [1.82, 2.24) is 9.80 Å². The van der Waals surface area contributed by atoms with Gasteiger partial charge in [0.05, 0.1) is 0 Å². The van der Waals surface area contributed by atoms with Gasteiger partial charge in [0.15, 0.2) is 0 Å². The molecular formula is C44H50BrN7O8. The Morgan fingerprint density at radius 1 is 0.583 bits per heavy atom. The lowest BCUT2D eigenvalue weighted by molar-refractivity contribution is -0.167. The summed E-state index contributed by atoms with van der Waals surface area (Å²) in [4.78, 5) is 88.5. The third-order valence-electron chi connectivity index (χ3n) is 14.5. The fourth-order valence-corrected chi connectivity index (χ4v) is 12.5. The van der Waals surface area contributed by atoms with Crippen LogP contribution < -0.4 is 27.8 Å². The lowest BCUT2D eigenvalue weighted by atomic mass is 9.59. The molecule has 316 valence electrons. The quantitative estimate of drug-likeness (QED) is 0.161. The highest BCUT2D eigenvalue weighted by atomic mass is 79.9. The number of primary amides is 4. The first-order valence-corrected chi connectivity index (χ1v) is 21.2.